The number of halogens is 2. The lowest BCUT2D eigenvalue weighted by Gasteiger charge is -2.35. The second kappa shape index (κ2) is 8.07. The lowest BCUT2D eigenvalue weighted by molar-refractivity contribution is -0.129. The van der Waals surface area contributed by atoms with Gasteiger partial charge in [0.05, 0.1) is 12.7 Å². The van der Waals surface area contributed by atoms with Gasteiger partial charge in [-0.1, -0.05) is 0 Å². The fourth-order valence-electron chi connectivity index (χ4n) is 1.77. The van der Waals surface area contributed by atoms with Gasteiger partial charge < -0.3 is 15.5 Å². The summed E-state index contributed by atoms with van der Waals surface area (Å²) >= 11 is 0. The number of hydrogen-bond donors (Lipinski definition) is 1. The van der Waals surface area contributed by atoms with Crippen molar-refractivity contribution in [1.82, 2.24) is 14.9 Å². The van der Waals surface area contributed by atoms with Crippen LogP contribution in [0.15, 0.2) is 18.6 Å². The predicted molar refractivity (Wildman–Crippen MR) is 74.4 cm³/mol. The Labute approximate surface area is 118 Å². The summed E-state index contributed by atoms with van der Waals surface area (Å²) < 4.78 is 0. The Balaban J connectivity index is 0.00000144. The Morgan fingerprint density at radius 2 is 1.89 bits per heavy atom. The summed E-state index contributed by atoms with van der Waals surface area (Å²) in [5.74, 6) is 0.876. The van der Waals surface area contributed by atoms with E-state index in [4.69, 9.17) is 5.73 Å². The van der Waals surface area contributed by atoms with Crippen LogP contribution in [0.1, 0.15) is 0 Å². The van der Waals surface area contributed by atoms with Crippen molar-refractivity contribution in [2.75, 3.05) is 37.6 Å². The highest BCUT2D eigenvalue weighted by Gasteiger charge is 2.20. The van der Waals surface area contributed by atoms with Crippen molar-refractivity contribution in [1.29, 1.82) is 0 Å². The number of amides is 1. The normalized spacial score (nSPS) is 14.5. The Morgan fingerprint density at radius 1 is 1.22 bits per heavy atom. The molecule has 0 bridgehead atoms. The van der Waals surface area contributed by atoms with E-state index in [9.17, 15) is 4.79 Å². The zero-order valence-corrected chi connectivity index (χ0v) is 11.5. The molecule has 0 saturated carbocycles. The lowest BCUT2D eigenvalue weighted by atomic mass is 10.3. The van der Waals surface area contributed by atoms with Gasteiger partial charge in [-0.3, -0.25) is 9.78 Å². The number of carbonyl (C=O) groups excluding carboxylic acids is 1. The Morgan fingerprint density at radius 3 is 2.39 bits per heavy atom. The van der Waals surface area contributed by atoms with Gasteiger partial charge in [-0.25, -0.2) is 4.98 Å². The summed E-state index contributed by atoms with van der Waals surface area (Å²) in [5, 5.41) is 0. The molecule has 1 saturated heterocycles. The Bertz CT molecular complexity index is 357. The van der Waals surface area contributed by atoms with Crippen LogP contribution in [0.25, 0.3) is 0 Å². The van der Waals surface area contributed by atoms with Crippen LogP contribution in [0, 0.1) is 0 Å². The van der Waals surface area contributed by atoms with Gasteiger partial charge in [0.25, 0.3) is 0 Å². The number of nitrogens with zero attached hydrogens (tertiary/aromatic N) is 4. The number of nitrogens with two attached hydrogens (primary N) is 1. The van der Waals surface area contributed by atoms with E-state index in [1.165, 1.54) is 0 Å². The molecule has 1 amide bonds. The SMILES string of the molecule is Cl.Cl.NCC(=O)N1CCN(c2cnccn2)CC1. The maximum atomic E-state index is 11.4. The van der Waals surface area contributed by atoms with Crippen molar-refractivity contribution in [2.24, 2.45) is 5.73 Å². The molecule has 0 unspecified atom stereocenters. The van der Waals surface area contributed by atoms with E-state index in [0.29, 0.717) is 13.1 Å². The number of carbonyl (C=O) groups is 1. The fourth-order valence-corrected chi connectivity index (χ4v) is 1.77. The van der Waals surface area contributed by atoms with Gasteiger partial charge in [-0.15, -0.1) is 24.8 Å². The van der Waals surface area contributed by atoms with Crippen LogP contribution in [0.5, 0.6) is 0 Å². The summed E-state index contributed by atoms with van der Waals surface area (Å²) in [4.78, 5) is 23.5. The van der Waals surface area contributed by atoms with E-state index in [2.05, 4.69) is 14.9 Å². The average molecular weight is 294 g/mol. The van der Waals surface area contributed by atoms with Crippen LogP contribution < -0.4 is 10.6 Å². The van der Waals surface area contributed by atoms with Crippen molar-refractivity contribution in [3.63, 3.8) is 0 Å². The lowest BCUT2D eigenvalue weighted by Crippen LogP contribution is -2.50. The average Bonchev–Trinajstić information content (AvgIpc) is 2.39. The minimum absolute atomic E-state index is 0. The smallest absolute Gasteiger partial charge is 0.236 e. The third kappa shape index (κ3) is 3.97. The monoisotopic (exact) mass is 293 g/mol. The molecule has 1 fully saturated rings. The highest BCUT2D eigenvalue weighted by molar-refractivity contribution is 5.85. The predicted octanol–water partition coefficient (Wildman–Crippen LogP) is -0.0725. The molecule has 0 radical (unpaired) electrons. The van der Waals surface area contributed by atoms with Crippen LogP contribution in [0.3, 0.4) is 0 Å². The summed E-state index contributed by atoms with van der Waals surface area (Å²) in [7, 11) is 0. The van der Waals surface area contributed by atoms with E-state index in [-0.39, 0.29) is 37.3 Å². The molecule has 0 spiro atoms. The molecule has 8 heteroatoms. The van der Waals surface area contributed by atoms with Gasteiger partial charge in [-0.2, -0.15) is 0 Å². The summed E-state index contributed by atoms with van der Waals surface area (Å²) in [6.07, 6.45) is 5.06. The largest absolute Gasteiger partial charge is 0.352 e. The quantitative estimate of drug-likeness (QED) is 0.826. The molecule has 0 aliphatic carbocycles. The van der Waals surface area contributed by atoms with Crippen LogP contribution in [-0.4, -0.2) is 53.5 Å². The molecule has 2 heterocycles. The van der Waals surface area contributed by atoms with Gasteiger partial charge in [0.1, 0.15) is 5.82 Å². The maximum absolute atomic E-state index is 11.4. The number of hydrogen-bond acceptors (Lipinski definition) is 5. The first-order valence-electron chi connectivity index (χ1n) is 5.30. The maximum Gasteiger partial charge on any atom is 0.236 e. The van der Waals surface area contributed by atoms with E-state index in [1.807, 2.05) is 0 Å². The molecule has 18 heavy (non-hydrogen) atoms. The van der Waals surface area contributed by atoms with Crippen LogP contribution >= 0.6 is 24.8 Å². The first kappa shape index (κ1) is 16.9. The summed E-state index contributed by atoms with van der Waals surface area (Å²) in [5.41, 5.74) is 5.32. The number of anilines is 1. The Kier molecular flexibility index (Phi) is 7.58. The zero-order chi connectivity index (χ0) is 11.4. The molecular formula is C10H17Cl2N5O. The van der Waals surface area contributed by atoms with Gasteiger partial charge in [0.15, 0.2) is 0 Å². The van der Waals surface area contributed by atoms with Crippen LogP contribution in [0.4, 0.5) is 5.82 Å². The molecule has 2 rings (SSSR count). The number of aromatic nitrogens is 2. The third-order valence-corrected chi connectivity index (χ3v) is 2.68. The molecule has 1 aliphatic heterocycles. The number of rotatable bonds is 2. The fraction of sp³-hybridized carbons (Fsp3) is 0.500. The van der Waals surface area contributed by atoms with Gasteiger partial charge in [0.2, 0.25) is 5.91 Å². The topological polar surface area (TPSA) is 75.4 Å². The second-order valence-corrected chi connectivity index (χ2v) is 3.64. The van der Waals surface area contributed by atoms with E-state index >= 15 is 0 Å². The van der Waals surface area contributed by atoms with E-state index in [0.717, 1.165) is 18.9 Å². The molecular weight excluding hydrogens is 277 g/mol. The van der Waals surface area contributed by atoms with E-state index in [1.54, 1.807) is 23.5 Å². The van der Waals surface area contributed by atoms with Gasteiger partial charge >= 0.3 is 0 Å². The van der Waals surface area contributed by atoms with Crippen molar-refractivity contribution in [2.45, 2.75) is 0 Å². The van der Waals surface area contributed by atoms with Gasteiger partial charge in [-0.05, 0) is 0 Å². The first-order chi connectivity index (χ1) is 7.81. The highest BCUT2D eigenvalue weighted by Crippen LogP contribution is 2.10. The summed E-state index contributed by atoms with van der Waals surface area (Å²) in [6.45, 7) is 3.05. The second-order valence-electron chi connectivity index (χ2n) is 3.64. The minimum atomic E-state index is 0. The van der Waals surface area contributed by atoms with Crippen molar-refractivity contribution in [3.05, 3.63) is 18.6 Å². The molecule has 2 N–H and O–H groups in total. The standard InChI is InChI=1S/C10H15N5O.2ClH/c11-7-10(16)15-5-3-14(4-6-15)9-8-12-1-2-13-9;;/h1-2,8H,3-7,11H2;2*1H. The molecule has 1 aliphatic rings. The Hall–Kier alpha value is -1.11. The van der Waals surface area contributed by atoms with Gasteiger partial charge in [0, 0.05) is 38.6 Å². The van der Waals surface area contributed by atoms with E-state index < -0.39 is 0 Å². The first-order valence-corrected chi connectivity index (χ1v) is 5.30. The molecule has 0 aromatic carbocycles. The zero-order valence-electron chi connectivity index (χ0n) is 9.86. The minimum Gasteiger partial charge on any atom is -0.352 e. The highest BCUT2D eigenvalue weighted by atomic mass is 35.5. The van der Waals surface area contributed by atoms with Crippen molar-refractivity contribution in [3.8, 4) is 0 Å². The third-order valence-electron chi connectivity index (χ3n) is 2.68. The van der Waals surface area contributed by atoms with Crippen LogP contribution in [0.2, 0.25) is 0 Å². The summed E-state index contributed by atoms with van der Waals surface area (Å²) in [6, 6.07) is 0. The molecule has 1 aromatic heterocycles. The van der Waals surface area contributed by atoms with Crippen LogP contribution in [-0.2, 0) is 4.79 Å². The van der Waals surface area contributed by atoms with Crippen molar-refractivity contribution >= 4 is 36.5 Å². The molecule has 0 atom stereocenters. The molecule has 102 valence electrons. The molecule has 1 aromatic rings. The van der Waals surface area contributed by atoms with Crippen molar-refractivity contribution < 1.29 is 4.79 Å². The molecule has 6 nitrogen and oxygen atoms in total. The number of piperazine rings is 1.